The number of hydrogen-bond donors (Lipinski definition) is 1. The number of ether oxygens (including phenoxy) is 2. The van der Waals surface area contributed by atoms with Crippen LogP contribution in [0.25, 0.3) is 5.69 Å². The molecule has 7 nitrogen and oxygen atoms in total. The van der Waals surface area contributed by atoms with Gasteiger partial charge in [0.05, 0.1) is 31.3 Å². The van der Waals surface area contributed by atoms with Crippen molar-refractivity contribution in [3.8, 4) is 17.2 Å². The number of amides is 1. The molecule has 0 fully saturated rings. The maximum absolute atomic E-state index is 12.7. The van der Waals surface area contributed by atoms with Crippen LogP contribution >= 0.6 is 11.6 Å². The molecule has 0 atom stereocenters. The van der Waals surface area contributed by atoms with Crippen LogP contribution in [-0.4, -0.2) is 35.1 Å². The van der Waals surface area contributed by atoms with Crippen LogP contribution in [0.5, 0.6) is 11.5 Å². The summed E-state index contributed by atoms with van der Waals surface area (Å²) in [6.45, 7) is 1.76. The van der Waals surface area contributed by atoms with E-state index in [9.17, 15) is 4.79 Å². The molecule has 0 aliphatic carbocycles. The first kappa shape index (κ1) is 17.8. The van der Waals surface area contributed by atoms with Gasteiger partial charge in [0.1, 0.15) is 11.5 Å². The Morgan fingerprint density at radius 3 is 2.65 bits per heavy atom. The number of rotatable bonds is 5. The maximum atomic E-state index is 12.7. The number of carbonyl (C=O) groups excluding carboxylic acids is 1. The summed E-state index contributed by atoms with van der Waals surface area (Å²) in [6.07, 6.45) is 0. The van der Waals surface area contributed by atoms with Crippen molar-refractivity contribution < 1.29 is 14.3 Å². The average molecular weight is 373 g/mol. The Morgan fingerprint density at radius 1 is 1.15 bits per heavy atom. The number of anilines is 1. The fourth-order valence-electron chi connectivity index (χ4n) is 2.49. The second kappa shape index (κ2) is 7.45. The zero-order chi connectivity index (χ0) is 18.7. The van der Waals surface area contributed by atoms with Crippen LogP contribution in [0.2, 0.25) is 5.02 Å². The van der Waals surface area contributed by atoms with Crippen molar-refractivity contribution in [3.05, 3.63) is 58.9 Å². The van der Waals surface area contributed by atoms with Crippen molar-refractivity contribution in [2.45, 2.75) is 6.92 Å². The highest BCUT2D eigenvalue weighted by molar-refractivity contribution is 6.30. The fourth-order valence-corrected chi connectivity index (χ4v) is 2.67. The number of carbonyl (C=O) groups is 1. The molecule has 1 N–H and O–H groups in total. The lowest BCUT2D eigenvalue weighted by Gasteiger charge is -2.11. The molecule has 0 aliphatic rings. The van der Waals surface area contributed by atoms with Crippen LogP contribution in [0.3, 0.4) is 0 Å². The van der Waals surface area contributed by atoms with Gasteiger partial charge < -0.3 is 14.8 Å². The van der Waals surface area contributed by atoms with Crippen molar-refractivity contribution in [3.63, 3.8) is 0 Å². The number of halogens is 1. The van der Waals surface area contributed by atoms with Gasteiger partial charge >= 0.3 is 0 Å². The van der Waals surface area contributed by atoms with E-state index < -0.39 is 5.91 Å². The number of hydrogen-bond acceptors (Lipinski definition) is 5. The van der Waals surface area contributed by atoms with Crippen molar-refractivity contribution in [1.29, 1.82) is 0 Å². The maximum Gasteiger partial charge on any atom is 0.278 e. The minimum absolute atomic E-state index is 0.204. The SMILES string of the molecule is COc1ccc(OC)c(NC(=O)c2nnn(-c3cccc(Cl)c3)c2C)c1. The summed E-state index contributed by atoms with van der Waals surface area (Å²) in [6, 6.07) is 12.3. The minimum atomic E-state index is -0.401. The molecule has 1 aromatic heterocycles. The van der Waals surface area contributed by atoms with Gasteiger partial charge in [-0.1, -0.05) is 22.9 Å². The Balaban J connectivity index is 1.90. The van der Waals surface area contributed by atoms with Crippen molar-refractivity contribution in [2.75, 3.05) is 19.5 Å². The van der Waals surface area contributed by atoms with Crippen LogP contribution in [0.1, 0.15) is 16.2 Å². The quantitative estimate of drug-likeness (QED) is 0.741. The largest absolute Gasteiger partial charge is 0.497 e. The molecule has 0 radical (unpaired) electrons. The number of nitrogens with one attached hydrogen (secondary N) is 1. The van der Waals surface area contributed by atoms with Crippen LogP contribution < -0.4 is 14.8 Å². The van der Waals surface area contributed by atoms with Crippen LogP contribution in [-0.2, 0) is 0 Å². The van der Waals surface area contributed by atoms with Gasteiger partial charge in [0.15, 0.2) is 5.69 Å². The van der Waals surface area contributed by atoms with E-state index in [-0.39, 0.29) is 5.69 Å². The second-order valence-electron chi connectivity index (χ2n) is 5.44. The third kappa shape index (κ3) is 3.48. The first-order chi connectivity index (χ1) is 12.5. The molecule has 26 heavy (non-hydrogen) atoms. The normalized spacial score (nSPS) is 10.5. The zero-order valence-electron chi connectivity index (χ0n) is 14.5. The molecule has 134 valence electrons. The van der Waals surface area contributed by atoms with E-state index in [4.69, 9.17) is 21.1 Å². The lowest BCUT2D eigenvalue weighted by atomic mass is 10.2. The lowest BCUT2D eigenvalue weighted by Crippen LogP contribution is -2.15. The zero-order valence-corrected chi connectivity index (χ0v) is 15.2. The first-order valence-electron chi connectivity index (χ1n) is 7.75. The Hall–Kier alpha value is -3.06. The third-order valence-corrected chi connectivity index (χ3v) is 4.05. The Kier molecular flexibility index (Phi) is 5.09. The van der Waals surface area contributed by atoms with Crippen LogP contribution in [0.15, 0.2) is 42.5 Å². The predicted octanol–water partition coefficient (Wildman–Crippen LogP) is 3.50. The average Bonchev–Trinajstić information content (AvgIpc) is 3.03. The van der Waals surface area contributed by atoms with E-state index in [1.54, 1.807) is 55.1 Å². The van der Waals surface area contributed by atoms with Crippen LogP contribution in [0, 0.1) is 6.92 Å². The molecule has 3 aromatic rings. The number of methoxy groups -OCH3 is 2. The summed E-state index contributed by atoms with van der Waals surface area (Å²) < 4.78 is 12.0. The summed E-state index contributed by atoms with van der Waals surface area (Å²) in [7, 11) is 3.08. The van der Waals surface area contributed by atoms with Crippen LogP contribution in [0.4, 0.5) is 5.69 Å². The highest BCUT2D eigenvalue weighted by Crippen LogP contribution is 2.29. The lowest BCUT2D eigenvalue weighted by molar-refractivity contribution is 0.102. The van der Waals surface area contributed by atoms with Gasteiger partial charge in [0, 0.05) is 11.1 Å². The molecule has 1 heterocycles. The highest BCUT2D eigenvalue weighted by atomic mass is 35.5. The van der Waals surface area contributed by atoms with E-state index in [2.05, 4.69) is 15.6 Å². The summed E-state index contributed by atoms with van der Waals surface area (Å²) in [5, 5.41) is 11.4. The molecule has 0 bridgehead atoms. The standard InChI is InChI=1S/C18H17ClN4O3/c1-11-17(21-22-23(11)13-6-4-5-12(19)9-13)18(24)20-15-10-14(25-2)7-8-16(15)26-3/h4-10H,1-3H3,(H,20,24). The Bertz CT molecular complexity index is 955. The smallest absolute Gasteiger partial charge is 0.278 e. The molecule has 3 rings (SSSR count). The number of benzene rings is 2. The fraction of sp³-hybridized carbons (Fsp3) is 0.167. The van der Waals surface area contributed by atoms with E-state index in [0.29, 0.717) is 27.9 Å². The topological polar surface area (TPSA) is 78.3 Å². The van der Waals surface area contributed by atoms with Gasteiger partial charge in [0.25, 0.3) is 5.91 Å². The molecule has 1 amide bonds. The van der Waals surface area contributed by atoms with E-state index in [0.717, 1.165) is 5.69 Å². The molecule has 0 saturated heterocycles. The molecule has 8 heteroatoms. The molecule has 0 unspecified atom stereocenters. The summed E-state index contributed by atoms with van der Waals surface area (Å²) in [5.74, 6) is 0.710. The summed E-state index contributed by atoms with van der Waals surface area (Å²) in [5.41, 5.74) is 2.00. The van der Waals surface area contributed by atoms with E-state index >= 15 is 0 Å². The monoisotopic (exact) mass is 372 g/mol. The first-order valence-corrected chi connectivity index (χ1v) is 8.13. The van der Waals surface area contributed by atoms with E-state index in [1.807, 2.05) is 6.07 Å². The molecule has 0 saturated carbocycles. The molecular formula is C18H17ClN4O3. The number of aromatic nitrogens is 3. The van der Waals surface area contributed by atoms with Crippen molar-refractivity contribution in [1.82, 2.24) is 15.0 Å². The Labute approximate surface area is 155 Å². The van der Waals surface area contributed by atoms with Crippen molar-refractivity contribution >= 4 is 23.2 Å². The molecular weight excluding hydrogens is 356 g/mol. The van der Waals surface area contributed by atoms with Gasteiger partial charge in [-0.15, -0.1) is 5.10 Å². The van der Waals surface area contributed by atoms with Gasteiger partial charge in [-0.2, -0.15) is 0 Å². The second-order valence-corrected chi connectivity index (χ2v) is 5.87. The highest BCUT2D eigenvalue weighted by Gasteiger charge is 2.19. The van der Waals surface area contributed by atoms with Gasteiger partial charge in [-0.05, 0) is 37.3 Å². The summed E-state index contributed by atoms with van der Waals surface area (Å²) in [4.78, 5) is 12.7. The Morgan fingerprint density at radius 2 is 1.96 bits per heavy atom. The van der Waals surface area contributed by atoms with Gasteiger partial charge in [0.2, 0.25) is 0 Å². The number of nitrogens with zero attached hydrogens (tertiary/aromatic N) is 3. The molecule has 0 spiro atoms. The van der Waals surface area contributed by atoms with E-state index in [1.165, 1.54) is 7.11 Å². The molecule has 0 aliphatic heterocycles. The summed E-state index contributed by atoms with van der Waals surface area (Å²) >= 11 is 6.02. The predicted molar refractivity (Wildman–Crippen MR) is 98.6 cm³/mol. The minimum Gasteiger partial charge on any atom is -0.497 e. The third-order valence-electron chi connectivity index (χ3n) is 3.82. The molecule has 2 aromatic carbocycles. The van der Waals surface area contributed by atoms with Gasteiger partial charge in [-0.25, -0.2) is 4.68 Å². The van der Waals surface area contributed by atoms with Gasteiger partial charge in [-0.3, -0.25) is 4.79 Å². The van der Waals surface area contributed by atoms with Crippen molar-refractivity contribution in [2.24, 2.45) is 0 Å².